The van der Waals surface area contributed by atoms with Gasteiger partial charge in [-0.25, -0.2) is 4.57 Å². The molecule has 16 heavy (non-hydrogen) atoms. The summed E-state index contributed by atoms with van der Waals surface area (Å²) in [6, 6.07) is 0. The first-order valence-electron chi connectivity index (χ1n) is 4.30. The average Bonchev–Trinajstić information content (AvgIpc) is 2.17. The van der Waals surface area contributed by atoms with Crippen LogP contribution in [0.25, 0.3) is 0 Å². The van der Waals surface area contributed by atoms with Crippen LogP contribution in [0.2, 0.25) is 0 Å². The van der Waals surface area contributed by atoms with Crippen molar-refractivity contribution in [2.24, 2.45) is 0 Å². The van der Waals surface area contributed by atoms with Crippen molar-refractivity contribution in [3.63, 3.8) is 0 Å². The minimum atomic E-state index is -4.73. The van der Waals surface area contributed by atoms with Gasteiger partial charge in [-0.15, -0.1) is 0 Å². The fraction of sp³-hybridized carbons (Fsp3) is 1.00. The zero-order chi connectivity index (χ0) is 12.5. The molecule has 1 rings (SSSR count). The van der Waals surface area contributed by atoms with Gasteiger partial charge in [-0.05, 0) is 0 Å². The number of aliphatic hydroxyl groups is 4. The summed E-state index contributed by atoms with van der Waals surface area (Å²) < 4.78 is 19.0. The maximum Gasteiger partial charge on any atom is 0.469 e. The van der Waals surface area contributed by atoms with Crippen molar-refractivity contribution in [2.45, 2.75) is 30.7 Å². The quantitative estimate of drug-likeness (QED) is 0.289. The van der Waals surface area contributed by atoms with Gasteiger partial charge in [0.15, 0.2) is 6.29 Å². The summed E-state index contributed by atoms with van der Waals surface area (Å²) in [6.45, 7) is -0.730. The van der Waals surface area contributed by atoms with E-state index in [9.17, 15) is 14.8 Å². The summed E-state index contributed by atoms with van der Waals surface area (Å²) in [5.74, 6) is 0. The molecular weight excluding hydrogens is 247 g/mol. The summed E-state index contributed by atoms with van der Waals surface area (Å²) in [5.41, 5.74) is 0. The molecule has 1 saturated heterocycles. The Bertz CT molecular complexity index is 277. The number of rotatable bonds is 3. The predicted molar refractivity (Wildman–Crippen MR) is 46.9 cm³/mol. The summed E-state index contributed by atoms with van der Waals surface area (Å²) in [7, 11) is -4.73. The van der Waals surface area contributed by atoms with E-state index in [0.717, 1.165) is 0 Å². The minimum Gasteiger partial charge on any atom is -0.387 e. The molecule has 0 aromatic heterocycles. The average molecular weight is 260 g/mol. The minimum absolute atomic E-state index is 0.730. The van der Waals surface area contributed by atoms with Crippen LogP contribution in [0.3, 0.4) is 0 Å². The SMILES string of the molecule is O=P(O)(O)OCC1O[C@@H](O)C(O)[C@@H](O)[C@@H]1O. The first-order valence-corrected chi connectivity index (χ1v) is 5.83. The first-order chi connectivity index (χ1) is 7.22. The van der Waals surface area contributed by atoms with Gasteiger partial charge >= 0.3 is 7.82 Å². The molecule has 1 fully saturated rings. The number of aliphatic hydroxyl groups excluding tert-OH is 4. The lowest BCUT2D eigenvalue weighted by molar-refractivity contribution is -0.285. The Morgan fingerprint density at radius 2 is 1.62 bits per heavy atom. The Balaban J connectivity index is 2.57. The number of phosphoric ester groups is 1. The van der Waals surface area contributed by atoms with E-state index >= 15 is 0 Å². The van der Waals surface area contributed by atoms with E-state index in [1.54, 1.807) is 0 Å². The second-order valence-electron chi connectivity index (χ2n) is 3.32. The molecular formula is C6H13O9P. The van der Waals surface area contributed by atoms with Gasteiger partial charge in [-0.1, -0.05) is 0 Å². The van der Waals surface area contributed by atoms with Crippen LogP contribution in [0.5, 0.6) is 0 Å². The van der Waals surface area contributed by atoms with Gasteiger partial charge in [-0.3, -0.25) is 4.52 Å². The van der Waals surface area contributed by atoms with Gasteiger partial charge in [0, 0.05) is 0 Å². The van der Waals surface area contributed by atoms with E-state index in [4.69, 9.17) is 20.0 Å². The number of phosphoric acid groups is 1. The maximum atomic E-state index is 10.4. The van der Waals surface area contributed by atoms with Crippen molar-refractivity contribution < 1.29 is 44.0 Å². The third-order valence-corrected chi connectivity index (χ3v) is 2.58. The van der Waals surface area contributed by atoms with Crippen molar-refractivity contribution in [2.75, 3.05) is 6.61 Å². The van der Waals surface area contributed by atoms with E-state index in [2.05, 4.69) is 9.26 Å². The Labute approximate surface area is 90.1 Å². The highest BCUT2D eigenvalue weighted by Crippen LogP contribution is 2.36. The molecule has 0 aliphatic carbocycles. The summed E-state index contributed by atoms with van der Waals surface area (Å²) >= 11 is 0. The van der Waals surface area contributed by atoms with Gasteiger partial charge < -0.3 is 34.9 Å². The highest BCUT2D eigenvalue weighted by molar-refractivity contribution is 7.46. The van der Waals surface area contributed by atoms with Crippen LogP contribution < -0.4 is 0 Å². The number of ether oxygens (including phenoxy) is 1. The van der Waals surface area contributed by atoms with Crippen LogP contribution in [0.15, 0.2) is 0 Å². The van der Waals surface area contributed by atoms with Crippen LogP contribution in [-0.4, -0.2) is 67.5 Å². The van der Waals surface area contributed by atoms with Crippen molar-refractivity contribution in [3.8, 4) is 0 Å². The highest BCUT2D eigenvalue weighted by Gasteiger charge is 2.43. The van der Waals surface area contributed by atoms with Crippen LogP contribution >= 0.6 is 7.82 Å². The zero-order valence-electron chi connectivity index (χ0n) is 7.95. The normalized spacial score (nSPS) is 41.0. The molecule has 1 heterocycles. The molecule has 1 aliphatic rings. The van der Waals surface area contributed by atoms with Crippen LogP contribution in [0, 0.1) is 0 Å². The predicted octanol–water partition coefficient (Wildman–Crippen LogP) is -3.10. The van der Waals surface area contributed by atoms with Crippen molar-refractivity contribution >= 4 is 7.82 Å². The number of hydrogen-bond acceptors (Lipinski definition) is 7. The molecule has 6 N–H and O–H groups in total. The first kappa shape index (κ1) is 14.0. The second kappa shape index (κ2) is 5.05. The van der Waals surface area contributed by atoms with Crippen molar-refractivity contribution in [3.05, 3.63) is 0 Å². The van der Waals surface area contributed by atoms with Gasteiger partial charge in [0.25, 0.3) is 0 Å². The number of hydrogen-bond donors (Lipinski definition) is 6. The third-order valence-electron chi connectivity index (χ3n) is 2.09. The fourth-order valence-corrected chi connectivity index (χ4v) is 1.58. The molecule has 0 bridgehead atoms. The molecule has 9 nitrogen and oxygen atoms in total. The van der Waals surface area contributed by atoms with E-state index in [0.29, 0.717) is 0 Å². The van der Waals surface area contributed by atoms with E-state index in [-0.39, 0.29) is 0 Å². The highest BCUT2D eigenvalue weighted by atomic mass is 31.2. The van der Waals surface area contributed by atoms with Gasteiger partial charge in [-0.2, -0.15) is 0 Å². The lowest BCUT2D eigenvalue weighted by Crippen LogP contribution is -2.58. The van der Waals surface area contributed by atoms with Crippen molar-refractivity contribution in [1.29, 1.82) is 0 Å². The molecule has 0 aromatic carbocycles. The van der Waals surface area contributed by atoms with Gasteiger partial charge in [0.05, 0.1) is 6.61 Å². The third kappa shape index (κ3) is 3.45. The van der Waals surface area contributed by atoms with Crippen LogP contribution in [-0.2, 0) is 13.8 Å². The summed E-state index contributed by atoms with van der Waals surface area (Å²) in [6.07, 6.45) is -8.11. The van der Waals surface area contributed by atoms with E-state index in [1.165, 1.54) is 0 Å². The Morgan fingerprint density at radius 1 is 1.06 bits per heavy atom. The van der Waals surface area contributed by atoms with Crippen LogP contribution in [0.1, 0.15) is 0 Å². The molecule has 96 valence electrons. The zero-order valence-corrected chi connectivity index (χ0v) is 8.84. The molecule has 0 radical (unpaired) electrons. The molecule has 5 atom stereocenters. The molecule has 10 heteroatoms. The summed E-state index contributed by atoms with van der Waals surface area (Å²) in [5, 5.41) is 36.7. The van der Waals surface area contributed by atoms with Gasteiger partial charge in [0.1, 0.15) is 24.4 Å². The summed E-state index contributed by atoms with van der Waals surface area (Å²) in [4.78, 5) is 16.8. The largest absolute Gasteiger partial charge is 0.469 e. The molecule has 0 amide bonds. The lowest BCUT2D eigenvalue weighted by atomic mass is 10.00. The monoisotopic (exact) mass is 260 g/mol. The molecule has 2 unspecified atom stereocenters. The Hall–Kier alpha value is -0.0900. The lowest BCUT2D eigenvalue weighted by Gasteiger charge is -2.38. The maximum absolute atomic E-state index is 10.4. The van der Waals surface area contributed by atoms with Crippen molar-refractivity contribution in [1.82, 2.24) is 0 Å². The topological polar surface area (TPSA) is 157 Å². The van der Waals surface area contributed by atoms with Gasteiger partial charge in [0.2, 0.25) is 0 Å². The second-order valence-corrected chi connectivity index (χ2v) is 4.56. The standard InChI is InChI=1S/C6H13O9P/c7-3-2(1-14-16(11,12)13)15-6(10)5(9)4(3)8/h2-10H,1H2,(H2,11,12,13)/t2?,3-,4+,5?,6-/m1/s1. The molecule has 0 saturated carbocycles. The smallest absolute Gasteiger partial charge is 0.387 e. The Kier molecular flexibility index (Phi) is 4.41. The fourth-order valence-electron chi connectivity index (χ4n) is 1.24. The van der Waals surface area contributed by atoms with Crippen LogP contribution in [0.4, 0.5) is 0 Å². The van der Waals surface area contributed by atoms with E-state index in [1.807, 2.05) is 0 Å². The Morgan fingerprint density at radius 3 is 2.12 bits per heavy atom. The molecule has 0 spiro atoms. The molecule has 0 aromatic rings. The van der Waals surface area contributed by atoms with E-state index < -0.39 is 45.1 Å². The molecule has 1 aliphatic heterocycles.